The van der Waals surface area contributed by atoms with Gasteiger partial charge in [0.05, 0.1) is 44.7 Å². The van der Waals surface area contributed by atoms with Crippen LogP contribution in [-0.2, 0) is 16.1 Å². The molecule has 0 aliphatic carbocycles. The summed E-state index contributed by atoms with van der Waals surface area (Å²) in [4.78, 5) is 43.3. The molecule has 226 valence electrons. The zero-order chi connectivity index (χ0) is 31.5. The monoisotopic (exact) mass is 724 g/mol. The molecule has 0 saturated heterocycles. The molecule has 0 amide bonds. The highest BCUT2D eigenvalue weighted by atomic mass is 127. The lowest BCUT2D eigenvalue weighted by Gasteiger charge is -2.24. The van der Waals surface area contributed by atoms with Crippen LogP contribution in [0.1, 0.15) is 52.5 Å². The Bertz CT molecular complexity index is 1960. The van der Waals surface area contributed by atoms with Gasteiger partial charge in [0.2, 0.25) is 0 Å². The van der Waals surface area contributed by atoms with Crippen LogP contribution in [0, 0.1) is 10.5 Å². The highest BCUT2D eigenvalue weighted by Crippen LogP contribution is 2.35. The Kier molecular flexibility index (Phi) is 9.35. The zero-order valence-corrected chi connectivity index (χ0v) is 27.4. The third-order valence-corrected chi connectivity index (χ3v) is 8.83. The number of aromatic nitrogens is 1. The molecule has 1 N–H and O–H groups in total. The molecule has 1 atom stereocenters. The number of methoxy groups -OCH3 is 1. The minimum absolute atomic E-state index is 0.202. The van der Waals surface area contributed by atoms with E-state index in [1.165, 1.54) is 23.5 Å². The molecule has 0 saturated carbocycles. The van der Waals surface area contributed by atoms with Gasteiger partial charge in [0.25, 0.3) is 5.56 Å². The fourth-order valence-electron chi connectivity index (χ4n) is 4.87. The van der Waals surface area contributed by atoms with E-state index in [2.05, 4.69) is 27.6 Å². The van der Waals surface area contributed by atoms with E-state index in [1.54, 1.807) is 49.8 Å². The van der Waals surface area contributed by atoms with Crippen molar-refractivity contribution >= 4 is 51.9 Å². The van der Waals surface area contributed by atoms with E-state index < -0.39 is 18.0 Å². The van der Waals surface area contributed by atoms with Crippen molar-refractivity contribution in [1.82, 2.24) is 4.57 Å². The van der Waals surface area contributed by atoms with Crippen LogP contribution in [0.3, 0.4) is 0 Å². The van der Waals surface area contributed by atoms with Gasteiger partial charge in [-0.05, 0) is 90.4 Å². The number of halogens is 1. The number of ether oxygens (including phenoxy) is 3. The molecule has 0 bridgehead atoms. The number of carbonyl (C=O) groups is 2. The van der Waals surface area contributed by atoms with Crippen LogP contribution >= 0.6 is 33.9 Å². The molecular formula is C33H29IN2O7S. The smallest absolute Gasteiger partial charge is 0.338 e. The van der Waals surface area contributed by atoms with E-state index in [-0.39, 0.29) is 24.3 Å². The van der Waals surface area contributed by atoms with E-state index in [0.717, 1.165) is 25.8 Å². The van der Waals surface area contributed by atoms with Crippen molar-refractivity contribution < 1.29 is 28.9 Å². The van der Waals surface area contributed by atoms with Crippen LogP contribution in [0.2, 0.25) is 0 Å². The fraction of sp³-hybridized carbons (Fsp3) is 0.212. The molecule has 4 aromatic rings. The molecule has 0 unspecified atom stereocenters. The first kappa shape index (κ1) is 31.2. The summed E-state index contributed by atoms with van der Waals surface area (Å²) >= 11 is 3.40. The van der Waals surface area contributed by atoms with Gasteiger partial charge in [0.15, 0.2) is 16.3 Å². The third kappa shape index (κ3) is 6.34. The molecule has 1 aliphatic heterocycles. The second kappa shape index (κ2) is 13.2. The van der Waals surface area contributed by atoms with Gasteiger partial charge in [-0.2, -0.15) is 0 Å². The summed E-state index contributed by atoms with van der Waals surface area (Å²) in [7, 11) is 1.54. The second-order valence-electron chi connectivity index (χ2n) is 10.0. The van der Waals surface area contributed by atoms with Crippen LogP contribution in [0.5, 0.6) is 11.5 Å². The number of aryl methyl sites for hydroxylation is 1. The summed E-state index contributed by atoms with van der Waals surface area (Å²) in [6, 6.07) is 17.2. The van der Waals surface area contributed by atoms with Gasteiger partial charge in [-0.1, -0.05) is 53.3 Å². The largest absolute Gasteiger partial charge is 0.493 e. The molecule has 0 radical (unpaired) electrons. The number of carboxylic acids is 1. The molecule has 0 spiro atoms. The van der Waals surface area contributed by atoms with Crippen molar-refractivity contribution in [3.63, 3.8) is 0 Å². The van der Waals surface area contributed by atoms with Crippen molar-refractivity contribution in [3.8, 4) is 11.5 Å². The Morgan fingerprint density at radius 2 is 1.80 bits per heavy atom. The van der Waals surface area contributed by atoms with E-state index in [0.29, 0.717) is 32.1 Å². The zero-order valence-electron chi connectivity index (χ0n) is 24.4. The topological polar surface area (TPSA) is 116 Å². The molecule has 1 aliphatic rings. The summed E-state index contributed by atoms with van der Waals surface area (Å²) < 4.78 is 19.8. The normalized spacial score (nSPS) is 14.6. The van der Waals surface area contributed by atoms with Crippen molar-refractivity contribution in [3.05, 3.63) is 123 Å². The summed E-state index contributed by atoms with van der Waals surface area (Å²) in [5.74, 6) is -0.475. The average molecular weight is 725 g/mol. The Morgan fingerprint density at radius 1 is 1.09 bits per heavy atom. The van der Waals surface area contributed by atoms with E-state index in [9.17, 15) is 14.4 Å². The summed E-state index contributed by atoms with van der Waals surface area (Å²) in [5.41, 5.74) is 4.16. The molecule has 2 heterocycles. The maximum absolute atomic E-state index is 13.9. The number of thiazole rings is 1. The first-order chi connectivity index (χ1) is 21.1. The molecular weight excluding hydrogens is 695 g/mol. The van der Waals surface area contributed by atoms with Crippen LogP contribution in [0.4, 0.5) is 0 Å². The highest BCUT2D eigenvalue weighted by Gasteiger charge is 2.33. The van der Waals surface area contributed by atoms with E-state index in [1.807, 2.05) is 37.3 Å². The van der Waals surface area contributed by atoms with Crippen molar-refractivity contribution in [2.45, 2.75) is 33.4 Å². The number of aromatic carboxylic acids is 1. The van der Waals surface area contributed by atoms with Crippen LogP contribution < -0.4 is 24.4 Å². The summed E-state index contributed by atoms with van der Waals surface area (Å²) in [6.07, 6.45) is 1.78. The Hall–Kier alpha value is -4.23. The van der Waals surface area contributed by atoms with Crippen molar-refractivity contribution in [1.29, 1.82) is 0 Å². The van der Waals surface area contributed by atoms with Crippen LogP contribution in [0.25, 0.3) is 6.08 Å². The lowest BCUT2D eigenvalue weighted by Crippen LogP contribution is -2.39. The molecule has 5 rings (SSSR count). The van der Waals surface area contributed by atoms with Gasteiger partial charge in [-0.25, -0.2) is 14.6 Å². The standard InChI is InChI=1S/C33H29IN2O7S/c1-5-42-32(40)27-19(3)35-33-36(28(27)22-10-6-18(2)7-11-22)30(37)26(44-33)16-21-14-24(34)29(25(15-21)41-4)43-17-20-8-12-23(13-9-20)31(38)39/h6-16,28H,5,17H2,1-4H3,(H,38,39)/b26-16+/t28-/m0/s1. The molecule has 3 aromatic carbocycles. The summed E-state index contributed by atoms with van der Waals surface area (Å²) in [6.45, 7) is 5.90. The minimum atomic E-state index is -0.989. The molecule has 1 aromatic heterocycles. The number of rotatable bonds is 9. The molecule has 44 heavy (non-hydrogen) atoms. The average Bonchev–Trinajstić information content (AvgIpc) is 3.30. The number of allylic oxidation sites excluding steroid dienone is 1. The van der Waals surface area contributed by atoms with Crippen LogP contribution in [0.15, 0.2) is 81.7 Å². The first-order valence-corrected chi connectivity index (χ1v) is 15.6. The third-order valence-electron chi connectivity index (χ3n) is 7.04. The van der Waals surface area contributed by atoms with Gasteiger partial charge < -0.3 is 19.3 Å². The Morgan fingerprint density at radius 3 is 2.43 bits per heavy atom. The lowest BCUT2D eigenvalue weighted by atomic mass is 9.95. The molecule has 11 heteroatoms. The van der Waals surface area contributed by atoms with E-state index in [4.69, 9.17) is 19.3 Å². The number of fused-ring (bicyclic) bond motifs is 1. The number of hydrogen-bond donors (Lipinski definition) is 1. The van der Waals surface area contributed by atoms with Gasteiger partial charge >= 0.3 is 11.9 Å². The minimum Gasteiger partial charge on any atom is -0.493 e. The highest BCUT2D eigenvalue weighted by molar-refractivity contribution is 14.1. The van der Waals surface area contributed by atoms with Gasteiger partial charge in [-0.3, -0.25) is 9.36 Å². The summed E-state index contributed by atoms with van der Waals surface area (Å²) in [5, 5.41) is 9.13. The van der Waals surface area contributed by atoms with E-state index >= 15 is 0 Å². The van der Waals surface area contributed by atoms with Gasteiger partial charge in [-0.15, -0.1) is 0 Å². The lowest BCUT2D eigenvalue weighted by molar-refractivity contribution is -0.139. The van der Waals surface area contributed by atoms with Gasteiger partial charge in [0.1, 0.15) is 6.61 Å². The Labute approximate surface area is 270 Å². The first-order valence-electron chi connectivity index (χ1n) is 13.7. The Balaban J connectivity index is 1.53. The van der Waals surface area contributed by atoms with Crippen molar-refractivity contribution in [2.24, 2.45) is 4.99 Å². The molecule has 0 fully saturated rings. The number of benzene rings is 3. The quantitative estimate of drug-likeness (QED) is 0.191. The van der Waals surface area contributed by atoms with Crippen molar-refractivity contribution in [2.75, 3.05) is 13.7 Å². The maximum atomic E-state index is 13.9. The maximum Gasteiger partial charge on any atom is 0.338 e. The predicted molar refractivity (Wildman–Crippen MR) is 175 cm³/mol. The van der Waals surface area contributed by atoms with Gasteiger partial charge in [0, 0.05) is 0 Å². The predicted octanol–water partition coefficient (Wildman–Crippen LogP) is 5.00. The second-order valence-corrected chi connectivity index (χ2v) is 12.2. The molecule has 9 nitrogen and oxygen atoms in total. The van der Waals surface area contributed by atoms with Crippen LogP contribution in [-0.4, -0.2) is 35.3 Å². The SMILES string of the molecule is CCOC(=O)C1=C(C)N=c2s/c(=C/c3cc(I)c(OCc4ccc(C(=O)O)cc4)c(OC)c3)c(=O)n2[C@H]1c1ccc(C)cc1. The number of carboxylic acid groups (broad SMARTS) is 1. The number of esters is 1. The number of carbonyl (C=O) groups excluding carboxylic acids is 1. The number of nitrogens with zero attached hydrogens (tertiary/aromatic N) is 2. The fourth-order valence-corrected chi connectivity index (χ4v) is 6.70. The number of hydrogen-bond acceptors (Lipinski definition) is 8.